The van der Waals surface area contributed by atoms with Gasteiger partial charge in [-0.05, 0) is 18.1 Å². The van der Waals surface area contributed by atoms with E-state index in [9.17, 15) is 8.42 Å². The molecular weight excluding hydrogens is 286 g/mol. The van der Waals surface area contributed by atoms with Crippen LogP contribution in [-0.4, -0.2) is 26.5 Å². The number of hydrogen-bond donors (Lipinski definition) is 2. The summed E-state index contributed by atoms with van der Waals surface area (Å²) in [5, 5.41) is 2.88. The fraction of sp³-hybridized carbons (Fsp3) is 0.267. The Bertz CT molecular complexity index is 732. The first kappa shape index (κ1) is 14.0. The van der Waals surface area contributed by atoms with Crippen LogP contribution in [-0.2, 0) is 10.0 Å². The molecule has 0 bridgehead atoms. The monoisotopic (exact) mass is 303 g/mol. The van der Waals surface area contributed by atoms with Gasteiger partial charge < -0.3 is 5.32 Å². The zero-order chi connectivity index (χ0) is 14.9. The number of pyridine rings is 1. The first-order chi connectivity index (χ1) is 10.1. The van der Waals surface area contributed by atoms with Gasteiger partial charge in [-0.1, -0.05) is 30.3 Å². The maximum atomic E-state index is 12.4. The zero-order valence-corrected chi connectivity index (χ0v) is 12.5. The third-order valence-electron chi connectivity index (χ3n) is 3.67. The van der Waals surface area contributed by atoms with Gasteiger partial charge in [-0.2, -0.15) is 0 Å². The average Bonchev–Trinajstić information content (AvgIpc) is 3.26. The molecule has 1 aliphatic carbocycles. The highest BCUT2D eigenvalue weighted by molar-refractivity contribution is 7.89. The van der Waals surface area contributed by atoms with Gasteiger partial charge in [0.1, 0.15) is 4.90 Å². The summed E-state index contributed by atoms with van der Waals surface area (Å²) in [7, 11) is -1.86. The minimum atomic E-state index is -3.56. The molecule has 2 atom stereocenters. The summed E-state index contributed by atoms with van der Waals surface area (Å²) in [5.41, 5.74) is 1.72. The third kappa shape index (κ3) is 2.91. The molecule has 1 heterocycles. The molecule has 110 valence electrons. The molecule has 1 aromatic carbocycles. The van der Waals surface area contributed by atoms with Gasteiger partial charge in [0.05, 0.1) is 5.69 Å². The van der Waals surface area contributed by atoms with E-state index in [4.69, 9.17) is 0 Å². The Balaban J connectivity index is 1.77. The Morgan fingerprint density at radius 2 is 1.95 bits per heavy atom. The number of nitrogens with one attached hydrogen (secondary N) is 2. The average molecular weight is 303 g/mol. The van der Waals surface area contributed by atoms with Gasteiger partial charge in [0.25, 0.3) is 0 Å². The van der Waals surface area contributed by atoms with Gasteiger partial charge in [0.2, 0.25) is 10.0 Å². The van der Waals surface area contributed by atoms with E-state index in [1.54, 1.807) is 19.3 Å². The molecule has 2 N–H and O–H groups in total. The SMILES string of the molecule is CNc1ccncc1S(=O)(=O)NC1CC1c1ccccc1. The predicted molar refractivity (Wildman–Crippen MR) is 81.7 cm³/mol. The molecule has 1 aliphatic rings. The fourth-order valence-electron chi connectivity index (χ4n) is 2.46. The van der Waals surface area contributed by atoms with E-state index >= 15 is 0 Å². The van der Waals surface area contributed by atoms with E-state index in [0.29, 0.717) is 5.69 Å². The minimum absolute atomic E-state index is 0.0395. The molecule has 3 rings (SSSR count). The van der Waals surface area contributed by atoms with Gasteiger partial charge in [0.15, 0.2) is 0 Å². The lowest BCUT2D eigenvalue weighted by Crippen LogP contribution is -2.27. The summed E-state index contributed by atoms with van der Waals surface area (Å²) in [6.45, 7) is 0. The topological polar surface area (TPSA) is 71.1 Å². The van der Waals surface area contributed by atoms with E-state index in [2.05, 4.69) is 15.0 Å². The standard InChI is InChI=1S/C15H17N3O2S/c1-16-13-7-8-17-10-15(13)21(19,20)18-14-9-12(14)11-5-3-2-4-6-11/h2-8,10,12,14,18H,9H2,1H3,(H,16,17). The molecule has 5 nitrogen and oxygen atoms in total. The highest BCUT2D eigenvalue weighted by atomic mass is 32.2. The van der Waals surface area contributed by atoms with E-state index in [1.807, 2.05) is 30.3 Å². The number of sulfonamides is 1. The van der Waals surface area contributed by atoms with Crippen LogP contribution >= 0.6 is 0 Å². The van der Waals surface area contributed by atoms with Crippen molar-refractivity contribution in [2.45, 2.75) is 23.3 Å². The van der Waals surface area contributed by atoms with Crippen molar-refractivity contribution in [1.82, 2.24) is 9.71 Å². The molecule has 2 aromatic rings. The Labute approximate surface area is 124 Å². The lowest BCUT2D eigenvalue weighted by Gasteiger charge is -2.10. The van der Waals surface area contributed by atoms with Crippen LogP contribution in [0.15, 0.2) is 53.7 Å². The first-order valence-corrected chi connectivity index (χ1v) is 8.29. The predicted octanol–water partition coefficient (Wildman–Crippen LogP) is 1.96. The fourth-order valence-corrected chi connectivity index (χ4v) is 3.90. The molecule has 1 saturated carbocycles. The molecule has 0 amide bonds. The first-order valence-electron chi connectivity index (χ1n) is 6.81. The van der Waals surface area contributed by atoms with Crippen LogP contribution in [0.4, 0.5) is 5.69 Å². The zero-order valence-electron chi connectivity index (χ0n) is 11.7. The normalized spacial score (nSPS) is 21.0. The highest BCUT2D eigenvalue weighted by Gasteiger charge is 2.41. The van der Waals surface area contributed by atoms with Gasteiger partial charge in [-0.25, -0.2) is 13.1 Å². The van der Waals surface area contributed by atoms with Gasteiger partial charge >= 0.3 is 0 Å². The molecule has 1 aromatic heterocycles. The van der Waals surface area contributed by atoms with Crippen molar-refractivity contribution in [1.29, 1.82) is 0 Å². The van der Waals surface area contributed by atoms with Crippen molar-refractivity contribution in [3.63, 3.8) is 0 Å². The minimum Gasteiger partial charge on any atom is -0.387 e. The Morgan fingerprint density at radius 1 is 1.19 bits per heavy atom. The molecule has 21 heavy (non-hydrogen) atoms. The van der Waals surface area contributed by atoms with Gasteiger partial charge in [0, 0.05) is 31.4 Å². The maximum absolute atomic E-state index is 12.4. The van der Waals surface area contributed by atoms with Gasteiger partial charge in [-0.15, -0.1) is 0 Å². The summed E-state index contributed by atoms with van der Waals surface area (Å²) in [4.78, 5) is 4.09. The summed E-state index contributed by atoms with van der Waals surface area (Å²) < 4.78 is 27.7. The van der Waals surface area contributed by atoms with Crippen LogP contribution < -0.4 is 10.0 Å². The van der Waals surface area contributed by atoms with Crippen LogP contribution in [0.3, 0.4) is 0 Å². The smallest absolute Gasteiger partial charge is 0.244 e. The second kappa shape index (κ2) is 5.46. The number of anilines is 1. The van der Waals surface area contributed by atoms with Crippen molar-refractivity contribution in [3.05, 3.63) is 54.4 Å². The van der Waals surface area contributed by atoms with Crippen LogP contribution in [0.1, 0.15) is 17.9 Å². The van der Waals surface area contributed by atoms with Crippen LogP contribution in [0.5, 0.6) is 0 Å². The maximum Gasteiger partial charge on any atom is 0.244 e. The van der Waals surface area contributed by atoms with Crippen molar-refractivity contribution in [2.24, 2.45) is 0 Å². The molecule has 0 aliphatic heterocycles. The number of hydrogen-bond acceptors (Lipinski definition) is 4. The molecule has 6 heteroatoms. The molecule has 0 radical (unpaired) electrons. The molecule has 2 unspecified atom stereocenters. The van der Waals surface area contributed by atoms with E-state index in [1.165, 1.54) is 11.8 Å². The van der Waals surface area contributed by atoms with Crippen LogP contribution in [0, 0.1) is 0 Å². The summed E-state index contributed by atoms with van der Waals surface area (Å²) in [6.07, 6.45) is 3.77. The van der Waals surface area contributed by atoms with Gasteiger partial charge in [-0.3, -0.25) is 4.98 Å². The summed E-state index contributed by atoms with van der Waals surface area (Å²) in [5.74, 6) is 0.260. The molecule has 0 saturated heterocycles. The Kier molecular flexibility index (Phi) is 3.65. The number of rotatable bonds is 5. The largest absolute Gasteiger partial charge is 0.387 e. The number of benzene rings is 1. The number of nitrogens with zero attached hydrogens (tertiary/aromatic N) is 1. The third-order valence-corrected chi connectivity index (χ3v) is 5.19. The van der Waals surface area contributed by atoms with Crippen molar-refractivity contribution >= 4 is 15.7 Å². The van der Waals surface area contributed by atoms with Crippen LogP contribution in [0.25, 0.3) is 0 Å². The number of aromatic nitrogens is 1. The van der Waals surface area contributed by atoms with Crippen molar-refractivity contribution < 1.29 is 8.42 Å². The second-order valence-corrected chi connectivity index (χ2v) is 6.78. The molecule has 1 fully saturated rings. The highest BCUT2D eigenvalue weighted by Crippen LogP contribution is 2.41. The Hall–Kier alpha value is -1.92. The Morgan fingerprint density at radius 3 is 2.67 bits per heavy atom. The second-order valence-electron chi connectivity index (χ2n) is 5.10. The van der Waals surface area contributed by atoms with E-state index in [-0.39, 0.29) is 16.9 Å². The van der Waals surface area contributed by atoms with E-state index < -0.39 is 10.0 Å². The van der Waals surface area contributed by atoms with Crippen molar-refractivity contribution in [3.8, 4) is 0 Å². The summed E-state index contributed by atoms with van der Waals surface area (Å²) >= 11 is 0. The lowest BCUT2D eigenvalue weighted by atomic mass is 10.1. The molecule has 0 spiro atoms. The molecular formula is C15H17N3O2S. The van der Waals surface area contributed by atoms with Crippen LogP contribution in [0.2, 0.25) is 0 Å². The quantitative estimate of drug-likeness (QED) is 0.886. The summed E-state index contributed by atoms with van der Waals surface area (Å²) in [6, 6.07) is 11.6. The van der Waals surface area contributed by atoms with E-state index in [0.717, 1.165) is 6.42 Å². The van der Waals surface area contributed by atoms with Crippen molar-refractivity contribution in [2.75, 3.05) is 12.4 Å². The lowest BCUT2D eigenvalue weighted by molar-refractivity contribution is 0.580.